The number of piperidine rings is 1. The molecule has 0 spiro atoms. The molecule has 1 aromatic carbocycles. The normalized spacial score (nSPS) is 19.2. The van der Waals surface area contributed by atoms with Crippen LogP contribution in [-0.4, -0.2) is 56.1 Å². The highest BCUT2D eigenvalue weighted by atomic mass is 16.5. The van der Waals surface area contributed by atoms with Gasteiger partial charge >= 0.3 is 11.8 Å². The van der Waals surface area contributed by atoms with E-state index in [2.05, 4.69) is 17.1 Å². The number of carbonyl (C=O) groups excluding carboxylic acids is 2. The lowest BCUT2D eigenvalue weighted by atomic mass is 9.99. The number of benzene rings is 1. The van der Waals surface area contributed by atoms with Gasteiger partial charge in [0.25, 0.3) is 0 Å². The molecule has 2 aliphatic heterocycles. The van der Waals surface area contributed by atoms with Gasteiger partial charge in [-0.3, -0.25) is 9.59 Å². The summed E-state index contributed by atoms with van der Waals surface area (Å²) in [6.07, 6.45) is 2.43. The Bertz CT molecular complexity index is 574. The molecular formula is C18H25N3O3. The van der Waals surface area contributed by atoms with Crippen molar-refractivity contribution in [3.8, 4) is 0 Å². The second-order valence-electron chi connectivity index (χ2n) is 6.58. The zero-order valence-electron chi connectivity index (χ0n) is 14.2. The van der Waals surface area contributed by atoms with Crippen LogP contribution in [0.1, 0.15) is 19.8 Å². The highest BCUT2D eigenvalue weighted by Gasteiger charge is 2.23. The van der Waals surface area contributed by atoms with E-state index in [0.29, 0.717) is 32.0 Å². The maximum absolute atomic E-state index is 12.1. The zero-order valence-corrected chi connectivity index (χ0v) is 14.2. The summed E-state index contributed by atoms with van der Waals surface area (Å²) in [4.78, 5) is 28.1. The predicted octanol–water partition coefficient (Wildman–Crippen LogP) is 1.72. The summed E-state index contributed by atoms with van der Waals surface area (Å²) >= 11 is 0. The summed E-state index contributed by atoms with van der Waals surface area (Å²) < 4.78 is 5.20. The van der Waals surface area contributed by atoms with Crippen molar-refractivity contribution in [1.29, 1.82) is 0 Å². The lowest BCUT2D eigenvalue weighted by Gasteiger charge is -2.32. The number of morpholine rings is 1. The Balaban J connectivity index is 1.55. The van der Waals surface area contributed by atoms with Gasteiger partial charge in [-0.15, -0.1) is 0 Å². The Morgan fingerprint density at radius 1 is 1.04 bits per heavy atom. The van der Waals surface area contributed by atoms with E-state index in [1.54, 1.807) is 0 Å². The van der Waals surface area contributed by atoms with Crippen LogP contribution < -0.4 is 10.2 Å². The third kappa shape index (κ3) is 4.06. The first-order valence-corrected chi connectivity index (χ1v) is 8.66. The first-order valence-electron chi connectivity index (χ1n) is 8.66. The lowest BCUT2D eigenvalue weighted by molar-refractivity contribution is -0.145. The smallest absolute Gasteiger partial charge is 0.313 e. The van der Waals surface area contributed by atoms with Crippen LogP contribution in [0.25, 0.3) is 0 Å². The molecule has 6 heteroatoms. The Hall–Kier alpha value is -2.08. The summed E-state index contributed by atoms with van der Waals surface area (Å²) in [6, 6.07) is 7.73. The van der Waals surface area contributed by atoms with E-state index in [9.17, 15) is 9.59 Å². The number of anilines is 2. The number of ether oxygens (including phenoxy) is 1. The van der Waals surface area contributed by atoms with Crippen LogP contribution in [0.3, 0.4) is 0 Å². The van der Waals surface area contributed by atoms with Crippen molar-refractivity contribution >= 4 is 23.2 Å². The minimum atomic E-state index is -0.587. The van der Waals surface area contributed by atoms with E-state index in [1.165, 1.54) is 23.4 Å². The number of nitrogens with one attached hydrogen (secondary N) is 1. The van der Waals surface area contributed by atoms with Crippen LogP contribution in [0.4, 0.5) is 11.4 Å². The molecule has 0 radical (unpaired) electrons. The van der Waals surface area contributed by atoms with Gasteiger partial charge in [0.05, 0.1) is 13.2 Å². The largest absolute Gasteiger partial charge is 0.378 e. The number of hydrogen-bond acceptors (Lipinski definition) is 4. The maximum atomic E-state index is 12.1. The molecule has 3 rings (SSSR count). The second-order valence-corrected chi connectivity index (χ2v) is 6.58. The molecule has 1 aromatic rings. The minimum absolute atomic E-state index is 0.471. The van der Waals surface area contributed by atoms with Gasteiger partial charge in [0.1, 0.15) is 0 Å². The van der Waals surface area contributed by atoms with Gasteiger partial charge in [-0.1, -0.05) is 6.92 Å². The minimum Gasteiger partial charge on any atom is -0.378 e. The standard InChI is InChI=1S/C18H25N3O3/c1-14-6-8-20(9-7-14)16-4-2-15(3-5-16)19-17(22)18(23)21-10-12-24-13-11-21/h2-5,14H,6-13H2,1H3,(H,19,22). The zero-order chi connectivity index (χ0) is 16.9. The lowest BCUT2D eigenvalue weighted by Crippen LogP contribution is -2.45. The van der Waals surface area contributed by atoms with Crippen molar-refractivity contribution < 1.29 is 14.3 Å². The fourth-order valence-corrected chi connectivity index (χ4v) is 3.12. The van der Waals surface area contributed by atoms with Crippen LogP contribution in [-0.2, 0) is 14.3 Å². The average Bonchev–Trinajstić information content (AvgIpc) is 2.63. The third-order valence-electron chi connectivity index (χ3n) is 4.77. The van der Waals surface area contributed by atoms with Gasteiger partial charge < -0.3 is 19.9 Å². The van der Waals surface area contributed by atoms with Crippen LogP contribution in [0.2, 0.25) is 0 Å². The molecule has 130 valence electrons. The molecule has 0 aliphatic carbocycles. The van der Waals surface area contributed by atoms with Gasteiger partial charge in [-0.25, -0.2) is 0 Å². The van der Waals surface area contributed by atoms with E-state index in [4.69, 9.17) is 4.74 Å². The summed E-state index contributed by atoms with van der Waals surface area (Å²) in [5.41, 5.74) is 1.81. The number of hydrogen-bond donors (Lipinski definition) is 1. The highest BCUT2D eigenvalue weighted by molar-refractivity contribution is 6.39. The van der Waals surface area contributed by atoms with Gasteiger partial charge in [0, 0.05) is 37.6 Å². The average molecular weight is 331 g/mol. The summed E-state index contributed by atoms with van der Waals surface area (Å²) in [5.74, 6) is -0.283. The van der Waals surface area contributed by atoms with Crippen molar-refractivity contribution in [1.82, 2.24) is 4.90 Å². The van der Waals surface area contributed by atoms with Crippen molar-refractivity contribution in [2.24, 2.45) is 5.92 Å². The SMILES string of the molecule is CC1CCN(c2ccc(NC(=O)C(=O)N3CCOCC3)cc2)CC1. The topological polar surface area (TPSA) is 61.9 Å². The van der Waals surface area contributed by atoms with E-state index >= 15 is 0 Å². The van der Waals surface area contributed by atoms with E-state index < -0.39 is 11.8 Å². The Labute approximate surface area is 142 Å². The number of amides is 2. The molecule has 0 aromatic heterocycles. The molecule has 0 saturated carbocycles. The van der Waals surface area contributed by atoms with Crippen molar-refractivity contribution in [2.75, 3.05) is 49.6 Å². The van der Waals surface area contributed by atoms with Crippen molar-refractivity contribution in [3.63, 3.8) is 0 Å². The molecule has 24 heavy (non-hydrogen) atoms. The molecule has 0 unspecified atom stereocenters. The summed E-state index contributed by atoms with van der Waals surface area (Å²) in [5, 5.41) is 2.69. The Morgan fingerprint density at radius 2 is 1.67 bits per heavy atom. The van der Waals surface area contributed by atoms with Crippen LogP contribution in [0, 0.1) is 5.92 Å². The van der Waals surface area contributed by atoms with Crippen LogP contribution >= 0.6 is 0 Å². The maximum Gasteiger partial charge on any atom is 0.313 e. The molecule has 2 saturated heterocycles. The molecule has 2 heterocycles. The van der Waals surface area contributed by atoms with Crippen LogP contribution in [0.15, 0.2) is 24.3 Å². The Kier molecular flexibility index (Phi) is 5.35. The predicted molar refractivity (Wildman–Crippen MR) is 93.1 cm³/mol. The second kappa shape index (κ2) is 7.66. The van der Waals surface area contributed by atoms with Gasteiger partial charge in [0.15, 0.2) is 0 Å². The Morgan fingerprint density at radius 3 is 2.29 bits per heavy atom. The van der Waals surface area contributed by atoms with Crippen molar-refractivity contribution in [3.05, 3.63) is 24.3 Å². The van der Waals surface area contributed by atoms with E-state index in [1.807, 2.05) is 24.3 Å². The molecule has 0 bridgehead atoms. The highest BCUT2D eigenvalue weighted by Crippen LogP contribution is 2.24. The first kappa shape index (κ1) is 16.8. The molecule has 1 N–H and O–H groups in total. The molecular weight excluding hydrogens is 306 g/mol. The molecule has 6 nitrogen and oxygen atoms in total. The molecule has 2 fully saturated rings. The van der Waals surface area contributed by atoms with Gasteiger partial charge in [-0.2, -0.15) is 0 Å². The monoisotopic (exact) mass is 331 g/mol. The number of carbonyl (C=O) groups is 2. The first-order chi connectivity index (χ1) is 11.6. The van der Waals surface area contributed by atoms with Gasteiger partial charge in [-0.05, 0) is 43.0 Å². The fraction of sp³-hybridized carbons (Fsp3) is 0.556. The summed E-state index contributed by atoms with van der Waals surface area (Å²) in [6.45, 7) is 6.35. The van der Waals surface area contributed by atoms with Crippen molar-refractivity contribution in [2.45, 2.75) is 19.8 Å². The molecule has 2 aliphatic rings. The van der Waals surface area contributed by atoms with E-state index in [-0.39, 0.29) is 0 Å². The van der Waals surface area contributed by atoms with E-state index in [0.717, 1.165) is 19.0 Å². The van der Waals surface area contributed by atoms with Crippen LogP contribution in [0.5, 0.6) is 0 Å². The number of nitrogens with zero attached hydrogens (tertiary/aromatic N) is 2. The quantitative estimate of drug-likeness (QED) is 0.838. The summed E-state index contributed by atoms with van der Waals surface area (Å²) in [7, 11) is 0. The third-order valence-corrected chi connectivity index (χ3v) is 4.77. The molecule has 0 atom stereocenters. The van der Waals surface area contributed by atoms with Gasteiger partial charge in [0.2, 0.25) is 0 Å². The molecule has 2 amide bonds. The number of rotatable bonds is 2. The fourth-order valence-electron chi connectivity index (χ4n) is 3.12.